The lowest BCUT2D eigenvalue weighted by Gasteiger charge is -1.97. The lowest BCUT2D eigenvalue weighted by Crippen LogP contribution is -2.04. The molecule has 0 saturated heterocycles. The molecule has 2 heterocycles. The normalized spacial score (nSPS) is 12.7. The van der Waals surface area contributed by atoms with Crippen LogP contribution in [0.1, 0.15) is 24.4 Å². The van der Waals surface area contributed by atoms with Crippen molar-refractivity contribution in [1.82, 2.24) is 15.1 Å². The monoisotopic (exact) mass is 204 g/mol. The number of pyridine rings is 1. The van der Waals surface area contributed by atoms with Gasteiger partial charge in [-0.1, -0.05) is 5.16 Å². The first kappa shape index (κ1) is 9.79. The van der Waals surface area contributed by atoms with Gasteiger partial charge in [0.15, 0.2) is 0 Å². The number of aromatic nitrogens is 3. The minimum absolute atomic E-state index is 0.242. The van der Waals surface area contributed by atoms with Crippen LogP contribution in [0.4, 0.5) is 0 Å². The molecule has 1 atom stereocenters. The van der Waals surface area contributed by atoms with Gasteiger partial charge in [0.2, 0.25) is 11.7 Å². The Hall–Kier alpha value is -1.75. The average molecular weight is 204 g/mol. The highest BCUT2D eigenvalue weighted by molar-refractivity contribution is 5.57. The van der Waals surface area contributed by atoms with E-state index in [0.717, 1.165) is 11.1 Å². The zero-order chi connectivity index (χ0) is 10.8. The zero-order valence-electron chi connectivity index (χ0n) is 8.64. The lowest BCUT2D eigenvalue weighted by atomic mass is 10.1. The van der Waals surface area contributed by atoms with Gasteiger partial charge in [-0.25, -0.2) is 0 Å². The first-order valence-electron chi connectivity index (χ1n) is 4.68. The molecule has 5 heteroatoms. The van der Waals surface area contributed by atoms with E-state index in [2.05, 4.69) is 15.1 Å². The molecule has 0 amide bonds. The summed E-state index contributed by atoms with van der Waals surface area (Å²) in [6.45, 7) is 3.75. The summed E-state index contributed by atoms with van der Waals surface area (Å²) in [6.07, 6.45) is 3.46. The fourth-order valence-corrected chi connectivity index (χ4v) is 1.25. The molecule has 0 saturated carbocycles. The van der Waals surface area contributed by atoms with Crippen molar-refractivity contribution in [2.45, 2.75) is 19.9 Å². The van der Waals surface area contributed by atoms with Gasteiger partial charge >= 0.3 is 0 Å². The van der Waals surface area contributed by atoms with Crippen molar-refractivity contribution in [3.8, 4) is 11.4 Å². The van der Waals surface area contributed by atoms with E-state index in [-0.39, 0.29) is 6.04 Å². The molecule has 78 valence electrons. The van der Waals surface area contributed by atoms with Crippen LogP contribution in [0, 0.1) is 6.92 Å². The maximum absolute atomic E-state index is 5.63. The van der Waals surface area contributed by atoms with E-state index in [1.54, 1.807) is 19.3 Å². The molecule has 15 heavy (non-hydrogen) atoms. The van der Waals surface area contributed by atoms with E-state index in [0.29, 0.717) is 11.7 Å². The summed E-state index contributed by atoms with van der Waals surface area (Å²) in [6, 6.07) is 1.61. The van der Waals surface area contributed by atoms with Crippen LogP contribution < -0.4 is 5.73 Å². The van der Waals surface area contributed by atoms with Crippen molar-refractivity contribution in [3.05, 3.63) is 29.9 Å². The Kier molecular flexibility index (Phi) is 2.47. The predicted octanol–water partition coefficient (Wildman–Crippen LogP) is 1.46. The minimum Gasteiger partial charge on any atom is -0.337 e. The number of rotatable bonds is 2. The van der Waals surface area contributed by atoms with Gasteiger partial charge in [-0.3, -0.25) is 4.98 Å². The molecule has 0 unspecified atom stereocenters. The SMILES string of the molecule is Cc1cnccc1-c1noc([C@@H](C)N)n1. The van der Waals surface area contributed by atoms with Gasteiger partial charge < -0.3 is 10.3 Å². The minimum atomic E-state index is -0.242. The van der Waals surface area contributed by atoms with E-state index in [4.69, 9.17) is 10.3 Å². The summed E-state index contributed by atoms with van der Waals surface area (Å²) < 4.78 is 5.03. The first-order chi connectivity index (χ1) is 7.18. The molecule has 0 bridgehead atoms. The third kappa shape index (κ3) is 1.87. The Labute approximate surface area is 87.3 Å². The maximum atomic E-state index is 5.63. The second-order valence-corrected chi connectivity index (χ2v) is 3.44. The molecule has 5 nitrogen and oxygen atoms in total. The zero-order valence-corrected chi connectivity index (χ0v) is 8.64. The number of aryl methyl sites for hydroxylation is 1. The second kappa shape index (κ2) is 3.78. The molecule has 2 N–H and O–H groups in total. The van der Waals surface area contributed by atoms with Crippen molar-refractivity contribution < 1.29 is 4.52 Å². The van der Waals surface area contributed by atoms with Crippen molar-refractivity contribution in [1.29, 1.82) is 0 Å². The van der Waals surface area contributed by atoms with E-state index in [1.165, 1.54) is 0 Å². The molecule has 0 spiro atoms. The summed E-state index contributed by atoms with van der Waals surface area (Å²) in [5.41, 5.74) is 7.56. The van der Waals surface area contributed by atoms with E-state index in [9.17, 15) is 0 Å². The van der Waals surface area contributed by atoms with Crippen LogP contribution >= 0.6 is 0 Å². The summed E-state index contributed by atoms with van der Waals surface area (Å²) in [5.74, 6) is 1.00. The average Bonchev–Trinajstić information content (AvgIpc) is 2.67. The van der Waals surface area contributed by atoms with Gasteiger partial charge in [-0.15, -0.1) is 0 Å². The highest BCUT2D eigenvalue weighted by atomic mass is 16.5. The summed E-state index contributed by atoms with van der Waals surface area (Å²) >= 11 is 0. The van der Waals surface area contributed by atoms with Crippen LogP contribution in [0.2, 0.25) is 0 Å². The highest BCUT2D eigenvalue weighted by Gasteiger charge is 2.12. The van der Waals surface area contributed by atoms with Crippen LogP contribution in [0.25, 0.3) is 11.4 Å². The Bertz CT molecular complexity index is 464. The molecular formula is C10H12N4O. The Morgan fingerprint density at radius 1 is 1.47 bits per heavy atom. The summed E-state index contributed by atoms with van der Waals surface area (Å²) in [7, 11) is 0. The molecule has 0 aliphatic rings. The van der Waals surface area contributed by atoms with Crippen LogP contribution in [0.15, 0.2) is 23.0 Å². The number of hydrogen-bond acceptors (Lipinski definition) is 5. The molecule has 0 radical (unpaired) electrons. The first-order valence-corrected chi connectivity index (χ1v) is 4.68. The van der Waals surface area contributed by atoms with Gasteiger partial charge in [-0.05, 0) is 25.5 Å². The number of hydrogen-bond donors (Lipinski definition) is 1. The Morgan fingerprint density at radius 2 is 2.27 bits per heavy atom. The fraction of sp³-hybridized carbons (Fsp3) is 0.300. The molecule has 2 rings (SSSR count). The van der Waals surface area contributed by atoms with Crippen LogP contribution in [0.5, 0.6) is 0 Å². The van der Waals surface area contributed by atoms with Crippen LogP contribution in [0.3, 0.4) is 0 Å². The predicted molar refractivity (Wildman–Crippen MR) is 54.9 cm³/mol. The molecule has 0 fully saturated rings. The van der Waals surface area contributed by atoms with E-state index >= 15 is 0 Å². The molecule has 0 aliphatic heterocycles. The van der Waals surface area contributed by atoms with E-state index < -0.39 is 0 Å². The summed E-state index contributed by atoms with van der Waals surface area (Å²) in [5, 5.41) is 3.87. The van der Waals surface area contributed by atoms with E-state index in [1.807, 2.05) is 13.0 Å². The number of nitrogens with zero attached hydrogens (tertiary/aromatic N) is 3. The second-order valence-electron chi connectivity index (χ2n) is 3.44. The standard InChI is InChI=1S/C10H12N4O/c1-6-5-12-4-3-8(6)9-13-10(7(2)11)15-14-9/h3-5,7H,11H2,1-2H3/t7-/m1/s1. The molecule has 0 aliphatic carbocycles. The number of nitrogens with two attached hydrogens (primary N) is 1. The topological polar surface area (TPSA) is 77.8 Å². The van der Waals surface area contributed by atoms with Crippen LogP contribution in [-0.2, 0) is 0 Å². The third-order valence-corrected chi connectivity index (χ3v) is 2.09. The third-order valence-electron chi connectivity index (χ3n) is 2.09. The molecular weight excluding hydrogens is 192 g/mol. The Morgan fingerprint density at radius 3 is 2.87 bits per heavy atom. The molecule has 2 aromatic rings. The van der Waals surface area contributed by atoms with Crippen LogP contribution in [-0.4, -0.2) is 15.1 Å². The van der Waals surface area contributed by atoms with Gasteiger partial charge in [-0.2, -0.15) is 4.98 Å². The van der Waals surface area contributed by atoms with Crippen molar-refractivity contribution in [3.63, 3.8) is 0 Å². The van der Waals surface area contributed by atoms with Crippen molar-refractivity contribution >= 4 is 0 Å². The fourth-order valence-electron chi connectivity index (χ4n) is 1.25. The van der Waals surface area contributed by atoms with Gasteiger partial charge in [0.25, 0.3) is 0 Å². The van der Waals surface area contributed by atoms with Gasteiger partial charge in [0.1, 0.15) is 0 Å². The Balaban J connectivity index is 2.42. The molecule has 2 aromatic heterocycles. The quantitative estimate of drug-likeness (QED) is 0.801. The lowest BCUT2D eigenvalue weighted by molar-refractivity contribution is 0.362. The molecule has 0 aromatic carbocycles. The van der Waals surface area contributed by atoms with Gasteiger partial charge in [0.05, 0.1) is 6.04 Å². The highest BCUT2D eigenvalue weighted by Crippen LogP contribution is 2.20. The summed E-state index contributed by atoms with van der Waals surface area (Å²) in [4.78, 5) is 8.21. The van der Waals surface area contributed by atoms with Crippen molar-refractivity contribution in [2.75, 3.05) is 0 Å². The largest absolute Gasteiger partial charge is 0.337 e. The van der Waals surface area contributed by atoms with Gasteiger partial charge in [0, 0.05) is 18.0 Å². The van der Waals surface area contributed by atoms with Crippen molar-refractivity contribution in [2.24, 2.45) is 5.73 Å². The maximum Gasteiger partial charge on any atom is 0.243 e. The smallest absolute Gasteiger partial charge is 0.243 e.